The second-order valence-electron chi connectivity index (χ2n) is 4.57. The topological polar surface area (TPSA) is 68.0 Å². The van der Waals surface area contributed by atoms with Crippen LogP contribution in [-0.2, 0) is 11.3 Å². The molecule has 0 aliphatic rings. The van der Waals surface area contributed by atoms with E-state index in [0.717, 1.165) is 11.1 Å². The van der Waals surface area contributed by atoms with Crippen LogP contribution in [0, 0.1) is 12.3 Å². The van der Waals surface area contributed by atoms with Crippen molar-refractivity contribution in [2.24, 2.45) is 11.1 Å². The lowest BCUT2D eigenvalue weighted by molar-refractivity contribution is -0.129. The van der Waals surface area contributed by atoms with Crippen LogP contribution >= 0.6 is 0 Å². The molecule has 0 spiro atoms. The highest BCUT2D eigenvalue weighted by Crippen LogP contribution is 2.13. The Hall–Kier alpha value is -1.42. The number of nitrogens with zero attached hydrogens (tertiary/aromatic N) is 1. The zero-order chi connectivity index (χ0) is 12.2. The molecule has 1 heterocycles. The summed E-state index contributed by atoms with van der Waals surface area (Å²) in [5.41, 5.74) is 7.17. The monoisotopic (exact) mass is 221 g/mol. The van der Waals surface area contributed by atoms with Crippen LogP contribution in [0.3, 0.4) is 0 Å². The summed E-state index contributed by atoms with van der Waals surface area (Å²) in [5, 5.41) is 2.87. The normalized spacial score (nSPS) is 11.2. The number of rotatable bonds is 4. The number of aromatic nitrogens is 1. The molecule has 3 N–H and O–H groups in total. The van der Waals surface area contributed by atoms with Crippen LogP contribution in [-0.4, -0.2) is 17.4 Å². The van der Waals surface area contributed by atoms with E-state index in [0.29, 0.717) is 13.1 Å². The van der Waals surface area contributed by atoms with Gasteiger partial charge in [-0.15, -0.1) is 0 Å². The number of amides is 1. The minimum Gasteiger partial charge on any atom is -0.351 e. The average Bonchev–Trinajstić information content (AvgIpc) is 2.27. The molecular formula is C12H19N3O. The van der Waals surface area contributed by atoms with Gasteiger partial charge in [-0.05, 0) is 38.0 Å². The minimum absolute atomic E-state index is 0.0294. The van der Waals surface area contributed by atoms with E-state index in [4.69, 9.17) is 5.73 Å². The van der Waals surface area contributed by atoms with Crippen LogP contribution in [0.25, 0.3) is 0 Å². The average molecular weight is 221 g/mol. The number of pyridine rings is 1. The molecule has 16 heavy (non-hydrogen) atoms. The Balaban J connectivity index is 2.59. The van der Waals surface area contributed by atoms with Crippen molar-refractivity contribution in [2.75, 3.05) is 6.54 Å². The van der Waals surface area contributed by atoms with Gasteiger partial charge in [-0.1, -0.05) is 0 Å². The molecule has 0 atom stereocenters. The van der Waals surface area contributed by atoms with Gasteiger partial charge < -0.3 is 11.1 Å². The van der Waals surface area contributed by atoms with Crippen molar-refractivity contribution < 1.29 is 4.79 Å². The van der Waals surface area contributed by atoms with Gasteiger partial charge in [0.2, 0.25) is 5.91 Å². The van der Waals surface area contributed by atoms with Gasteiger partial charge in [0, 0.05) is 25.5 Å². The third-order valence-electron chi connectivity index (χ3n) is 2.71. The zero-order valence-electron chi connectivity index (χ0n) is 10.1. The molecule has 1 aromatic heterocycles. The molecule has 0 unspecified atom stereocenters. The predicted molar refractivity (Wildman–Crippen MR) is 63.7 cm³/mol. The lowest BCUT2D eigenvalue weighted by Gasteiger charge is -2.21. The molecule has 0 fully saturated rings. The molecule has 0 bridgehead atoms. The molecule has 4 heteroatoms. The van der Waals surface area contributed by atoms with Crippen LogP contribution in [0.15, 0.2) is 18.5 Å². The maximum atomic E-state index is 11.8. The van der Waals surface area contributed by atoms with E-state index in [2.05, 4.69) is 10.3 Å². The number of nitrogens with two attached hydrogens (primary N) is 1. The minimum atomic E-state index is -0.518. The first kappa shape index (κ1) is 12.6. The standard InChI is InChI=1S/C12H19N3O/c1-9-4-5-14-6-10(9)7-15-11(16)12(2,3)8-13/h4-6H,7-8,13H2,1-3H3,(H,15,16). The summed E-state index contributed by atoms with van der Waals surface area (Å²) in [6.07, 6.45) is 3.51. The fourth-order valence-electron chi connectivity index (χ4n) is 1.19. The van der Waals surface area contributed by atoms with E-state index in [9.17, 15) is 4.79 Å². The van der Waals surface area contributed by atoms with E-state index in [1.807, 2.05) is 26.8 Å². The Morgan fingerprint density at radius 2 is 2.25 bits per heavy atom. The van der Waals surface area contributed by atoms with Crippen molar-refractivity contribution in [3.63, 3.8) is 0 Å². The number of hydrogen-bond donors (Lipinski definition) is 2. The highest BCUT2D eigenvalue weighted by atomic mass is 16.2. The smallest absolute Gasteiger partial charge is 0.227 e. The molecule has 88 valence electrons. The van der Waals surface area contributed by atoms with E-state index in [1.165, 1.54) is 0 Å². The summed E-state index contributed by atoms with van der Waals surface area (Å²) < 4.78 is 0. The summed E-state index contributed by atoms with van der Waals surface area (Å²) in [4.78, 5) is 15.8. The van der Waals surface area contributed by atoms with Crippen LogP contribution < -0.4 is 11.1 Å². The fraction of sp³-hybridized carbons (Fsp3) is 0.500. The summed E-state index contributed by atoms with van der Waals surface area (Å²) in [6, 6.07) is 1.93. The molecule has 1 rings (SSSR count). The van der Waals surface area contributed by atoms with Gasteiger partial charge in [-0.25, -0.2) is 0 Å². The van der Waals surface area contributed by atoms with Gasteiger partial charge in [0.15, 0.2) is 0 Å². The largest absolute Gasteiger partial charge is 0.351 e. The summed E-state index contributed by atoms with van der Waals surface area (Å²) in [7, 11) is 0. The number of hydrogen-bond acceptors (Lipinski definition) is 3. The summed E-state index contributed by atoms with van der Waals surface area (Å²) >= 11 is 0. The van der Waals surface area contributed by atoms with E-state index in [1.54, 1.807) is 12.4 Å². The Kier molecular flexibility index (Phi) is 4.01. The SMILES string of the molecule is Cc1ccncc1CNC(=O)C(C)(C)CN. The maximum Gasteiger partial charge on any atom is 0.227 e. The van der Waals surface area contributed by atoms with Crippen molar-refractivity contribution in [1.29, 1.82) is 0 Å². The quantitative estimate of drug-likeness (QED) is 0.796. The number of carbonyl (C=O) groups excluding carboxylic acids is 1. The molecular weight excluding hydrogens is 202 g/mol. The van der Waals surface area contributed by atoms with Crippen LogP contribution in [0.5, 0.6) is 0 Å². The molecule has 0 aliphatic carbocycles. The predicted octanol–water partition coefficient (Wildman–Crippen LogP) is 0.991. The van der Waals surface area contributed by atoms with Crippen molar-refractivity contribution in [1.82, 2.24) is 10.3 Å². The molecule has 1 amide bonds. The van der Waals surface area contributed by atoms with E-state index in [-0.39, 0.29) is 5.91 Å². The van der Waals surface area contributed by atoms with Gasteiger partial charge in [-0.2, -0.15) is 0 Å². The first-order valence-electron chi connectivity index (χ1n) is 5.35. The highest BCUT2D eigenvalue weighted by Gasteiger charge is 2.25. The first-order valence-corrected chi connectivity index (χ1v) is 5.35. The van der Waals surface area contributed by atoms with Crippen molar-refractivity contribution in [3.8, 4) is 0 Å². The van der Waals surface area contributed by atoms with E-state index >= 15 is 0 Å². The van der Waals surface area contributed by atoms with Crippen molar-refractivity contribution in [2.45, 2.75) is 27.3 Å². The molecule has 0 saturated heterocycles. The molecule has 4 nitrogen and oxygen atoms in total. The second-order valence-corrected chi connectivity index (χ2v) is 4.57. The van der Waals surface area contributed by atoms with Crippen molar-refractivity contribution >= 4 is 5.91 Å². The van der Waals surface area contributed by atoms with Gasteiger partial charge in [0.05, 0.1) is 5.41 Å². The van der Waals surface area contributed by atoms with Gasteiger partial charge in [-0.3, -0.25) is 9.78 Å². The molecule has 0 radical (unpaired) electrons. The number of carbonyl (C=O) groups is 1. The fourth-order valence-corrected chi connectivity index (χ4v) is 1.19. The van der Waals surface area contributed by atoms with Crippen LogP contribution in [0.1, 0.15) is 25.0 Å². The lowest BCUT2D eigenvalue weighted by Crippen LogP contribution is -2.41. The Labute approximate surface area is 96.3 Å². The molecule has 0 aliphatic heterocycles. The van der Waals surface area contributed by atoms with Gasteiger partial charge in [0.1, 0.15) is 0 Å². The van der Waals surface area contributed by atoms with Crippen molar-refractivity contribution in [3.05, 3.63) is 29.6 Å². The summed E-state index contributed by atoms with van der Waals surface area (Å²) in [6.45, 7) is 6.50. The Bertz CT molecular complexity index is 374. The second kappa shape index (κ2) is 5.07. The van der Waals surface area contributed by atoms with Gasteiger partial charge in [0.25, 0.3) is 0 Å². The number of nitrogens with one attached hydrogen (secondary N) is 1. The Morgan fingerprint density at radius 1 is 1.56 bits per heavy atom. The Morgan fingerprint density at radius 3 is 2.81 bits per heavy atom. The maximum absolute atomic E-state index is 11.8. The van der Waals surface area contributed by atoms with Crippen LogP contribution in [0.2, 0.25) is 0 Å². The van der Waals surface area contributed by atoms with E-state index < -0.39 is 5.41 Å². The third kappa shape index (κ3) is 3.03. The number of aryl methyl sites for hydroxylation is 1. The third-order valence-corrected chi connectivity index (χ3v) is 2.71. The summed E-state index contributed by atoms with van der Waals surface area (Å²) in [5.74, 6) is -0.0294. The molecule has 0 saturated carbocycles. The zero-order valence-corrected chi connectivity index (χ0v) is 10.1. The first-order chi connectivity index (χ1) is 7.47. The lowest BCUT2D eigenvalue weighted by atomic mass is 9.92. The molecule has 0 aromatic carbocycles. The highest BCUT2D eigenvalue weighted by molar-refractivity contribution is 5.82. The van der Waals surface area contributed by atoms with Gasteiger partial charge >= 0.3 is 0 Å². The van der Waals surface area contributed by atoms with Crippen LogP contribution in [0.4, 0.5) is 0 Å². The molecule has 1 aromatic rings.